The molecular formula is C22H18F3N3O4. The van der Waals surface area contributed by atoms with Crippen molar-refractivity contribution in [2.75, 3.05) is 6.54 Å². The minimum atomic E-state index is -5.13. The predicted molar refractivity (Wildman–Crippen MR) is 107 cm³/mol. The number of ether oxygens (including phenoxy) is 1. The molecule has 0 spiro atoms. The summed E-state index contributed by atoms with van der Waals surface area (Å²) < 4.78 is 41.2. The Labute approximate surface area is 181 Å². The number of ketones is 1. The number of nitro groups is 1. The molecule has 1 fully saturated rings. The molecule has 1 heterocycles. The third-order valence-corrected chi connectivity index (χ3v) is 4.96. The molecular weight excluding hydrogens is 427 g/mol. The van der Waals surface area contributed by atoms with E-state index in [9.17, 15) is 33.3 Å². The molecule has 0 amide bonds. The number of rotatable bonds is 6. The molecule has 0 bridgehead atoms. The molecule has 0 atom stereocenters. The Morgan fingerprint density at radius 1 is 1.19 bits per heavy atom. The minimum Gasteiger partial charge on any atom is -0.398 e. The molecule has 0 N–H and O–H groups in total. The van der Waals surface area contributed by atoms with Crippen molar-refractivity contribution in [3.63, 3.8) is 0 Å². The fourth-order valence-corrected chi connectivity index (χ4v) is 3.55. The summed E-state index contributed by atoms with van der Waals surface area (Å²) in [5.41, 5.74) is 0.0481. The number of carbonyl (C=O) groups excluding carboxylic acids is 1. The number of halogens is 3. The van der Waals surface area contributed by atoms with E-state index in [0.717, 1.165) is 24.5 Å². The molecule has 1 saturated heterocycles. The Kier molecular flexibility index (Phi) is 6.78. The molecule has 0 saturated carbocycles. The van der Waals surface area contributed by atoms with Crippen molar-refractivity contribution >= 4 is 11.5 Å². The van der Waals surface area contributed by atoms with Crippen LogP contribution >= 0.6 is 0 Å². The second-order valence-electron chi connectivity index (χ2n) is 7.11. The zero-order valence-electron chi connectivity index (χ0n) is 16.8. The number of nitrogens with zero attached hydrogens (tertiary/aromatic N) is 3. The molecule has 0 aliphatic carbocycles. The SMILES string of the molecule is N#C/C(C(=O)c1ccc(OC(F)(F)F)c([N+](=O)[O-])c1)=C1\CCCCN1Cc1ccccc1. The normalized spacial score (nSPS) is 15.6. The average molecular weight is 445 g/mol. The van der Waals surface area contributed by atoms with Gasteiger partial charge in [-0.3, -0.25) is 14.9 Å². The number of piperidine rings is 1. The van der Waals surface area contributed by atoms with Crippen LogP contribution < -0.4 is 4.74 Å². The lowest BCUT2D eigenvalue weighted by Crippen LogP contribution is -2.30. The lowest BCUT2D eigenvalue weighted by molar-refractivity contribution is -0.388. The van der Waals surface area contributed by atoms with Crippen molar-refractivity contribution in [1.82, 2.24) is 4.90 Å². The number of hydrogen-bond donors (Lipinski definition) is 0. The van der Waals surface area contributed by atoms with Crippen LogP contribution in [-0.2, 0) is 6.54 Å². The van der Waals surface area contributed by atoms with Crippen molar-refractivity contribution in [1.29, 1.82) is 5.26 Å². The molecule has 1 aliphatic heterocycles. The quantitative estimate of drug-likeness (QED) is 0.201. The van der Waals surface area contributed by atoms with Gasteiger partial charge in [0.05, 0.1) is 4.92 Å². The number of alkyl halides is 3. The van der Waals surface area contributed by atoms with Crippen LogP contribution in [0.4, 0.5) is 18.9 Å². The van der Waals surface area contributed by atoms with Gasteiger partial charge in [0.25, 0.3) is 0 Å². The Morgan fingerprint density at radius 3 is 2.53 bits per heavy atom. The summed E-state index contributed by atoms with van der Waals surface area (Å²) >= 11 is 0. The van der Waals surface area contributed by atoms with Gasteiger partial charge in [0.1, 0.15) is 11.6 Å². The smallest absolute Gasteiger partial charge is 0.398 e. The Balaban J connectivity index is 1.97. The molecule has 166 valence electrons. The van der Waals surface area contributed by atoms with E-state index in [0.29, 0.717) is 37.3 Å². The third kappa shape index (κ3) is 5.43. The van der Waals surface area contributed by atoms with E-state index in [1.165, 1.54) is 0 Å². The van der Waals surface area contributed by atoms with E-state index in [-0.39, 0.29) is 11.1 Å². The summed E-state index contributed by atoms with van der Waals surface area (Å²) in [5, 5.41) is 21.0. The van der Waals surface area contributed by atoms with E-state index in [4.69, 9.17) is 0 Å². The second-order valence-corrected chi connectivity index (χ2v) is 7.11. The molecule has 10 heteroatoms. The van der Waals surface area contributed by atoms with Gasteiger partial charge < -0.3 is 9.64 Å². The molecule has 1 aliphatic rings. The predicted octanol–water partition coefficient (Wildman–Crippen LogP) is 5.14. The van der Waals surface area contributed by atoms with E-state index in [2.05, 4.69) is 4.74 Å². The minimum absolute atomic E-state index is 0.181. The first kappa shape index (κ1) is 22.8. The fraction of sp³-hybridized carbons (Fsp3) is 0.273. The second kappa shape index (κ2) is 9.51. The molecule has 2 aromatic carbocycles. The maximum absolute atomic E-state index is 13.1. The summed E-state index contributed by atoms with van der Waals surface area (Å²) in [4.78, 5) is 25.1. The summed E-state index contributed by atoms with van der Waals surface area (Å²) in [7, 11) is 0. The molecule has 32 heavy (non-hydrogen) atoms. The molecule has 0 unspecified atom stereocenters. The van der Waals surface area contributed by atoms with Gasteiger partial charge in [-0.1, -0.05) is 30.3 Å². The highest BCUT2D eigenvalue weighted by atomic mass is 19.4. The molecule has 7 nitrogen and oxygen atoms in total. The van der Waals surface area contributed by atoms with Crippen LogP contribution in [0.2, 0.25) is 0 Å². The number of likely N-dealkylation sites (tertiary alicyclic amines) is 1. The number of Topliss-reactive ketones (excluding diaryl/α,β-unsaturated/α-hetero) is 1. The summed E-state index contributed by atoms with van der Waals surface area (Å²) in [6.07, 6.45) is -3.02. The van der Waals surface area contributed by atoms with Crippen LogP contribution in [0.1, 0.15) is 35.2 Å². The van der Waals surface area contributed by atoms with Gasteiger partial charge in [-0.25, -0.2) is 0 Å². The number of nitriles is 1. The first-order valence-electron chi connectivity index (χ1n) is 9.70. The zero-order chi connectivity index (χ0) is 23.3. The first-order chi connectivity index (χ1) is 15.2. The zero-order valence-corrected chi connectivity index (χ0v) is 16.8. The van der Waals surface area contributed by atoms with Gasteiger partial charge >= 0.3 is 12.0 Å². The first-order valence-corrected chi connectivity index (χ1v) is 9.70. The van der Waals surface area contributed by atoms with Crippen molar-refractivity contribution in [2.45, 2.75) is 32.2 Å². The number of benzene rings is 2. The Morgan fingerprint density at radius 2 is 1.91 bits per heavy atom. The third-order valence-electron chi connectivity index (χ3n) is 4.96. The van der Waals surface area contributed by atoms with Gasteiger partial charge in [-0.15, -0.1) is 13.2 Å². The summed E-state index contributed by atoms with van der Waals surface area (Å²) in [5.74, 6) is -1.82. The highest BCUT2D eigenvalue weighted by molar-refractivity contribution is 6.12. The van der Waals surface area contributed by atoms with Crippen molar-refractivity contribution in [2.24, 2.45) is 0 Å². The standard InChI is InChI=1S/C22H18F3N3O4/c23-22(24,25)32-20-10-9-16(12-19(20)28(30)31)21(29)17(13-26)18-8-4-5-11-27(18)14-15-6-2-1-3-7-15/h1-3,6-7,9-10,12H,4-5,8,11,14H2/b18-17-. The maximum Gasteiger partial charge on any atom is 0.573 e. The van der Waals surface area contributed by atoms with Gasteiger partial charge in [-0.05, 0) is 37.0 Å². The van der Waals surface area contributed by atoms with Gasteiger partial charge in [0.15, 0.2) is 0 Å². The average Bonchev–Trinajstić information content (AvgIpc) is 2.75. The molecule has 2 aromatic rings. The van der Waals surface area contributed by atoms with E-state index in [1.54, 1.807) is 0 Å². The van der Waals surface area contributed by atoms with Crippen LogP contribution in [0.15, 0.2) is 59.8 Å². The van der Waals surface area contributed by atoms with Crippen LogP contribution in [0.25, 0.3) is 0 Å². The van der Waals surface area contributed by atoms with Crippen molar-refractivity contribution < 1.29 is 27.6 Å². The summed E-state index contributed by atoms with van der Waals surface area (Å²) in [6.45, 7) is 1.11. The van der Waals surface area contributed by atoms with Gasteiger partial charge in [0, 0.05) is 30.4 Å². The molecule has 0 aromatic heterocycles. The monoisotopic (exact) mass is 445 g/mol. The lowest BCUT2D eigenvalue weighted by Gasteiger charge is -2.32. The van der Waals surface area contributed by atoms with Crippen LogP contribution in [-0.4, -0.2) is 28.5 Å². The Bertz CT molecular complexity index is 1090. The topological polar surface area (TPSA) is 96.5 Å². The van der Waals surface area contributed by atoms with E-state index >= 15 is 0 Å². The Hall–Kier alpha value is -3.87. The van der Waals surface area contributed by atoms with E-state index < -0.39 is 28.5 Å². The van der Waals surface area contributed by atoms with Gasteiger partial charge in [-0.2, -0.15) is 5.26 Å². The molecule has 3 rings (SSSR count). The lowest BCUT2D eigenvalue weighted by atomic mass is 9.96. The number of hydrogen-bond acceptors (Lipinski definition) is 6. The number of allylic oxidation sites excluding steroid dienone is 2. The van der Waals surface area contributed by atoms with Gasteiger partial charge in [0.2, 0.25) is 11.5 Å². The van der Waals surface area contributed by atoms with Crippen molar-refractivity contribution in [3.8, 4) is 11.8 Å². The number of nitro benzene ring substituents is 1. The van der Waals surface area contributed by atoms with Crippen LogP contribution in [0.3, 0.4) is 0 Å². The van der Waals surface area contributed by atoms with Crippen LogP contribution in [0.5, 0.6) is 5.75 Å². The number of carbonyl (C=O) groups is 1. The van der Waals surface area contributed by atoms with E-state index in [1.807, 2.05) is 41.3 Å². The summed E-state index contributed by atoms with van der Waals surface area (Å²) in [6, 6.07) is 13.8. The fourth-order valence-electron chi connectivity index (χ4n) is 3.55. The van der Waals surface area contributed by atoms with Crippen molar-refractivity contribution in [3.05, 3.63) is 81.0 Å². The molecule has 0 radical (unpaired) electrons. The largest absolute Gasteiger partial charge is 0.573 e. The maximum atomic E-state index is 13.1. The highest BCUT2D eigenvalue weighted by Crippen LogP contribution is 2.34. The van der Waals surface area contributed by atoms with Crippen LogP contribution in [0, 0.1) is 21.4 Å². The highest BCUT2D eigenvalue weighted by Gasteiger charge is 2.35.